The highest BCUT2D eigenvalue weighted by atomic mass is 16.7. The number of carbonyl (C=O) groups excluding carboxylic acids is 1. The second-order valence-corrected chi connectivity index (χ2v) is 5.33. The molecule has 0 saturated carbocycles. The van der Waals surface area contributed by atoms with Gasteiger partial charge in [-0.2, -0.15) is 0 Å². The number of nitrogens with one attached hydrogen (secondary N) is 2. The van der Waals surface area contributed by atoms with Gasteiger partial charge >= 0.3 is 17.1 Å². The van der Waals surface area contributed by atoms with Crippen molar-refractivity contribution < 1.29 is 29.7 Å². The lowest BCUT2D eigenvalue weighted by atomic mass is 10.1. The van der Waals surface area contributed by atoms with Crippen molar-refractivity contribution in [2.24, 2.45) is 10.7 Å². The first-order chi connectivity index (χ1) is 10.0. The van der Waals surface area contributed by atoms with Crippen LogP contribution in [0.25, 0.3) is 0 Å². The van der Waals surface area contributed by atoms with Gasteiger partial charge in [0, 0.05) is 6.54 Å². The fraction of sp³-hybridized carbons (Fsp3) is 0.727. The number of rotatable bonds is 7. The van der Waals surface area contributed by atoms with Gasteiger partial charge < -0.3 is 20.9 Å². The Labute approximate surface area is 127 Å². The fourth-order valence-corrected chi connectivity index (χ4v) is 1.34. The molecule has 0 aliphatic heterocycles. The second-order valence-electron chi connectivity index (χ2n) is 5.33. The first-order valence-corrected chi connectivity index (χ1v) is 6.46. The summed E-state index contributed by atoms with van der Waals surface area (Å²) in [6.07, 6.45) is -0.461. The molecule has 11 nitrogen and oxygen atoms in total. The average molecular weight is 320 g/mol. The van der Waals surface area contributed by atoms with Crippen LogP contribution in [0.15, 0.2) is 4.99 Å². The molecule has 0 aromatic heterocycles. The molecule has 0 heterocycles. The molecule has 0 aliphatic rings. The number of ether oxygens (including phenoxy) is 1. The van der Waals surface area contributed by atoms with Crippen LogP contribution in [0.4, 0.5) is 4.79 Å². The first-order valence-electron chi connectivity index (χ1n) is 6.46. The van der Waals surface area contributed by atoms with Gasteiger partial charge in [-0.25, -0.2) is 19.8 Å². The van der Waals surface area contributed by atoms with Crippen molar-refractivity contribution in [1.29, 1.82) is 0 Å². The molecule has 126 valence electrons. The Morgan fingerprint density at radius 1 is 1.41 bits per heavy atom. The summed E-state index contributed by atoms with van der Waals surface area (Å²) in [7, 11) is 0. The zero-order valence-electron chi connectivity index (χ0n) is 12.7. The van der Waals surface area contributed by atoms with Crippen molar-refractivity contribution in [3.8, 4) is 0 Å². The highest BCUT2D eigenvalue weighted by Crippen LogP contribution is 2.07. The van der Waals surface area contributed by atoms with Crippen LogP contribution >= 0.6 is 0 Å². The summed E-state index contributed by atoms with van der Waals surface area (Å²) in [6.45, 7) is 5.08. The van der Waals surface area contributed by atoms with E-state index in [9.17, 15) is 14.5 Å². The lowest BCUT2D eigenvalue weighted by Gasteiger charge is -2.21. The van der Waals surface area contributed by atoms with Crippen LogP contribution in [0.2, 0.25) is 0 Å². The van der Waals surface area contributed by atoms with Gasteiger partial charge in [0.2, 0.25) is 0 Å². The van der Waals surface area contributed by atoms with E-state index in [-0.39, 0.29) is 25.3 Å². The average Bonchev–Trinajstić information content (AvgIpc) is 2.29. The number of nitrogens with two attached hydrogens (primary N) is 1. The lowest BCUT2D eigenvalue weighted by Crippen LogP contribution is -2.43. The van der Waals surface area contributed by atoms with Crippen molar-refractivity contribution >= 4 is 18.0 Å². The van der Waals surface area contributed by atoms with Crippen LogP contribution in [0.1, 0.15) is 33.6 Å². The number of carbonyl (C=O) groups is 2. The molecule has 22 heavy (non-hydrogen) atoms. The molecule has 0 aliphatic carbocycles. The maximum Gasteiger partial charge on any atom is 0.408 e. The van der Waals surface area contributed by atoms with Gasteiger partial charge in [-0.05, 0) is 39.0 Å². The molecule has 0 aromatic carbocycles. The molecule has 0 fully saturated rings. The summed E-state index contributed by atoms with van der Waals surface area (Å²) in [5.74, 6) is -1.52. The highest BCUT2D eigenvalue weighted by molar-refractivity contribution is 5.80. The number of aliphatic carboxylic acids is 1. The number of hydrogen-bond acceptors (Lipinski definition) is 5. The Balaban J connectivity index is 4.29. The second kappa shape index (κ2) is 8.64. The summed E-state index contributed by atoms with van der Waals surface area (Å²) < 4.78 is 4.97. The number of guanidine groups is 1. The van der Waals surface area contributed by atoms with Crippen LogP contribution in [-0.4, -0.2) is 51.6 Å². The molecule has 0 radical (unpaired) electrons. The van der Waals surface area contributed by atoms with Crippen molar-refractivity contribution in [2.75, 3.05) is 6.54 Å². The van der Waals surface area contributed by atoms with Crippen LogP contribution in [0.5, 0.6) is 0 Å². The van der Waals surface area contributed by atoms with E-state index in [1.807, 2.05) is 0 Å². The Kier molecular flexibility index (Phi) is 7.63. The van der Waals surface area contributed by atoms with Crippen molar-refractivity contribution in [1.82, 2.24) is 10.7 Å². The molecule has 0 rings (SSSR count). The van der Waals surface area contributed by atoms with E-state index in [0.717, 1.165) is 0 Å². The van der Waals surface area contributed by atoms with Gasteiger partial charge in [0.15, 0.2) is 0 Å². The molecule has 11 heteroatoms. The standard InChI is InChI=1S/C11H21N5O6/c1-11(2,3)22-10(19)14-7(8(17)18)5-4-6-13-9(12)15-16(20)21/h7H,4-6H2,1-3H3,(H5-,12,13,14,15,17,18,19,20,21)/p+1/t7-/m1/s1. The monoisotopic (exact) mass is 320 g/mol. The number of amides is 1. The molecule has 0 aromatic rings. The fourth-order valence-electron chi connectivity index (χ4n) is 1.34. The third-order valence-electron chi connectivity index (χ3n) is 2.13. The van der Waals surface area contributed by atoms with Gasteiger partial charge in [-0.1, -0.05) is 0 Å². The number of aliphatic imine (C=N–C) groups is 1. The van der Waals surface area contributed by atoms with E-state index >= 15 is 0 Å². The van der Waals surface area contributed by atoms with Crippen molar-refractivity contribution in [2.45, 2.75) is 45.3 Å². The van der Waals surface area contributed by atoms with Crippen LogP contribution < -0.4 is 16.5 Å². The Morgan fingerprint density at radius 2 is 2.00 bits per heavy atom. The van der Waals surface area contributed by atoms with Crippen LogP contribution in [0.3, 0.4) is 0 Å². The van der Waals surface area contributed by atoms with E-state index in [2.05, 4.69) is 10.3 Å². The van der Waals surface area contributed by atoms with Crippen molar-refractivity contribution in [3.63, 3.8) is 0 Å². The molecular weight excluding hydrogens is 298 g/mol. The quantitative estimate of drug-likeness (QED) is 0.185. The van der Waals surface area contributed by atoms with Gasteiger partial charge in [0.25, 0.3) is 5.96 Å². The topological polar surface area (TPSA) is 166 Å². The van der Waals surface area contributed by atoms with Gasteiger partial charge in [-0.3, -0.25) is 0 Å². The molecule has 1 amide bonds. The minimum absolute atomic E-state index is 0.0889. The van der Waals surface area contributed by atoms with E-state index < -0.39 is 28.7 Å². The van der Waals surface area contributed by atoms with Crippen LogP contribution in [0, 0.1) is 4.91 Å². The normalized spacial score (nSPS) is 13.1. The molecule has 1 atom stereocenters. The largest absolute Gasteiger partial charge is 0.480 e. The summed E-state index contributed by atoms with van der Waals surface area (Å²) in [5.41, 5.74) is 6.27. The van der Waals surface area contributed by atoms with Gasteiger partial charge in [-0.15, -0.1) is 0 Å². The molecule has 0 unspecified atom stereocenters. The van der Waals surface area contributed by atoms with Gasteiger partial charge in [0.1, 0.15) is 16.5 Å². The van der Waals surface area contributed by atoms with E-state index in [0.29, 0.717) is 0 Å². The molecule has 0 bridgehead atoms. The summed E-state index contributed by atoms with van der Waals surface area (Å²) >= 11 is 0. The lowest BCUT2D eigenvalue weighted by molar-refractivity contribution is -0.822. The minimum Gasteiger partial charge on any atom is -0.480 e. The predicted octanol–water partition coefficient (Wildman–Crippen LogP) is -0.268. The maximum atomic E-state index is 11.5. The number of carboxylic acid groups (broad SMARTS) is 1. The Morgan fingerprint density at radius 3 is 2.45 bits per heavy atom. The molecular formula is C11H22N5O6+. The third kappa shape index (κ3) is 10.2. The Hall–Kier alpha value is -2.59. The highest BCUT2D eigenvalue weighted by Gasteiger charge is 2.23. The maximum absolute atomic E-state index is 11.5. The Bertz CT molecular complexity index is 445. The number of nitrogens with zero attached hydrogens (tertiary/aromatic N) is 2. The zero-order valence-corrected chi connectivity index (χ0v) is 12.7. The predicted molar refractivity (Wildman–Crippen MR) is 75.1 cm³/mol. The summed E-state index contributed by atoms with van der Waals surface area (Å²) in [5, 5.41) is 19.0. The SMILES string of the molecule is CC(C)(C)OC(=O)N[C@H](CCCN=C(N)N[N+](=O)O)C(=O)O. The van der Waals surface area contributed by atoms with E-state index in [1.165, 1.54) is 0 Å². The minimum atomic E-state index is -1.21. The summed E-state index contributed by atoms with van der Waals surface area (Å²) in [4.78, 5) is 36.4. The number of alkyl carbamates (subject to hydrolysis) is 1. The summed E-state index contributed by atoms with van der Waals surface area (Å²) in [6, 6.07) is -1.13. The smallest absolute Gasteiger partial charge is 0.408 e. The molecule has 6 N–H and O–H groups in total. The third-order valence-corrected chi connectivity index (χ3v) is 2.13. The van der Waals surface area contributed by atoms with E-state index in [4.69, 9.17) is 20.8 Å². The number of hydrogen-bond donors (Lipinski definition) is 5. The number of hydrazine groups is 1. The van der Waals surface area contributed by atoms with Crippen molar-refractivity contribution in [3.05, 3.63) is 4.91 Å². The molecule has 0 saturated heterocycles. The van der Waals surface area contributed by atoms with Gasteiger partial charge in [0.05, 0.1) is 0 Å². The first kappa shape index (κ1) is 19.4. The molecule has 0 spiro atoms. The number of carboxylic acids is 1. The van der Waals surface area contributed by atoms with E-state index in [1.54, 1.807) is 26.2 Å². The van der Waals surface area contributed by atoms with Crippen LogP contribution in [-0.2, 0) is 9.53 Å². The zero-order chi connectivity index (χ0) is 17.3.